The monoisotopic (exact) mass is 156 g/mol. The van der Waals surface area contributed by atoms with Crippen molar-refractivity contribution in [3.05, 3.63) is 0 Å². The molecule has 0 bridgehead atoms. The molecule has 3 heteroatoms. The summed E-state index contributed by atoms with van der Waals surface area (Å²) >= 11 is 0. The standard InChI is InChI=1S/C8H16N2O/c1-7(5-9)10-6-8(2,3)11-4/h7,10H,6H2,1-4H3. The summed E-state index contributed by atoms with van der Waals surface area (Å²) < 4.78 is 5.16. The van der Waals surface area contributed by atoms with E-state index in [4.69, 9.17) is 10.00 Å². The molecule has 1 atom stereocenters. The molecule has 0 radical (unpaired) electrons. The molecule has 11 heavy (non-hydrogen) atoms. The minimum atomic E-state index is -0.189. The molecule has 0 aromatic rings. The molecule has 64 valence electrons. The second-order valence-electron chi connectivity index (χ2n) is 3.20. The van der Waals surface area contributed by atoms with Crippen LogP contribution in [0.2, 0.25) is 0 Å². The smallest absolute Gasteiger partial charge is 0.0925 e. The third-order valence-corrected chi connectivity index (χ3v) is 1.58. The van der Waals surface area contributed by atoms with E-state index in [1.807, 2.05) is 20.8 Å². The first-order valence-electron chi connectivity index (χ1n) is 3.70. The van der Waals surface area contributed by atoms with Gasteiger partial charge >= 0.3 is 0 Å². The topological polar surface area (TPSA) is 45.0 Å². The van der Waals surface area contributed by atoms with Crippen molar-refractivity contribution in [2.75, 3.05) is 13.7 Å². The molecule has 0 aromatic heterocycles. The maximum Gasteiger partial charge on any atom is 0.0925 e. The average molecular weight is 156 g/mol. The zero-order valence-corrected chi connectivity index (χ0v) is 7.64. The first-order chi connectivity index (χ1) is 5.02. The van der Waals surface area contributed by atoms with Gasteiger partial charge in [-0.3, -0.25) is 5.32 Å². The fraction of sp³-hybridized carbons (Fsp3) is 0.875. The lowest BCUT2D eigenvalue weighted by molar-refractivity contribution is 0.0225. The molecule has 0 aliphatic rings. The van der Waals surface area contributed by atoms with Crippen molar-refractivity contribution in [3.63, 3.8) is 0 Å². The van der Waals surface area contributed by atoms with Gasteiger partial charge in [0, 0.05) is 13.7 Å². The number of ether oxygens (including phenoxy) is 1. The van der Waals surface area contributed by atoms with Crippen LogP contribution in [0.5, 0.6) is 0 Å². The highest BCUT2D eigenvalue weighted by Gasteiger charge is 2.16. The highest BCUT2D eigenvalue weighted by Crippen LogP contribution is 2.04. The molecule has 3 nitrogen and oxygen atoms in total. The third-order valence-electron chi connectivity index (χ3n) is 1.58. The summed E-state index contributed by atoms with van der Waals surface area (Å²) in [7, 11) is 1.67. The maximum absolute atomic E-state index is 8.45. The van der Waals surface area contributed by atoms with Gasteiger partial charge in [0.25, 0.3) is 0 Å². The van der Waals surface area contributed by atoms with Gasteiger partial charge in [0.2, 0.25) is 0 Å². The maximum atomic E-state index is 8.45. The number of rotatable bonds is 4. The van der Waals surface area contributed by atoms with Crippen LogP contribution in [0.3, 0.4) is 0 Å². The van der Waals surface area contributed by atoms with Crippen LogP contribution in [-0.2, 0) is 4.74 Å². The van der Waals surface area contributed by atoms with Crippen molar-refractivity contribution in [2.45, 2.75) is 32.4 Å². The molecule has 0 rings (SSSR count). The van der Waals surface area contributed by atoms with Crippen LogP contribution in [-0.4, -0.2) is 25.3 Å². The molecule has 0 aromatic carbocycles. The van der Waals surface area contributed by atoms with Gasteiger partial charge in [-0.05, 0) is 20.8 Å². The number of nitrogens with one attached hydrogen (secondary N) is 1. The van der Waals surface area contributed by atoms with Gasteiger partial charge in [0.15, 0.2) is 0 Å². The second-order valence-corrected chi connectivity index (χ2v) is 3.20. The number of methoxy groups -OCH3 is 1. The lowest BCUT2D eigenvalue weighted by Gasteiger charge is -2.23. The molecule has 0 saturated carbocycles. The molecule has 0 spiro atoms. The SMILES string of the molecule is COC(C)(C)CNC(C)C#N. The molecule has 0 fully saturated rings. The van der Waals surface area contributed by atoms with Crippen LogP contribution < -0.4 is 5.32 Å². The van der Waals surface area contributed by atoms with Gasteiger partial charge in [-0.2, -0.15) is 5.26 Å². The van der Waals surface area contributed by atoms with E-state index in [9.17, 15) is 0 Å². The van der Waals surface area contributed by atoms with Gasteiger partial charge < -0.3 is 4.74 Å². The Balaban J connectivity index is 3.63. The Morgan fingerprint density at radius 3 is 2.55 bits per heavy atom. The van der Waals surface area contributed by atoms with Crippen molar-refractivity contribution < 1.29 is 4.74 Å². The van der Waals surface area contributed by atoms with Crippen molar-refractivity contribution in [1.29, 1.82) is 5.26 Å². The Labute approximate surface area is 68.3 Å². The second kappa shape index (κ2) is 4.32. The van der Waals surface area contributed by atoms with E-state index in [1.165, 1.54) is 0 Å². The van der Waals surface area contributed by atoms with Gasteiger partial charge in [-0.1, -0.05) is 0 Å². The van der Waals surface area contributed by atoms with Gasteiger partial charge in [0.05, 0.1) is 17.7 Å². The summed E-state index contributed by atoms with van der Waals surface area (Å²) in [5, 5.41) is 11.5. The van der Waals surface area contributed by atoms with E-state index >= 15 is 0 Å². The number of hydrogen-bond donors (Lipinski definition) is 1. The predicted molar refractivity (Wildman–Crippen MR) is 44.2 cm³/mol. The van der Waals surface area contributed by atoms with E-state index in [1.54, 1.807) is 7.11 Å². The predicted octanol–water partition coefficient (Wildman–Crippen LogP) is 0.913. The van der Waals surface area contributed by atoms with Crippen LogP contribution in [0.1, 0.15) is 20.8 Å². The first-order valence-corrected chi connectivity index (χ1v) is 3.70. The zero-order chi connectivity index (χ0) is 8.91. The molecule has 0 aliphatic heterocycles. The Bertz CT molecular complexity index is 149. The summed E-state index contributed by atoms with van der Waals surface area (Å²) in [5.41, 5.74) is -0.189. The van der Waals surface area contributed by atoms with Crippen LogP contribution in [0, 0.1) is 11.3 Å². The highest BCUT2D eigenvalue weighted by molar-refractivity contribution is 4.87. The van der Waals surface area contributed by atoms with Crippen LogP contribution >= 0.6 is 0 Å². The zero-order valence-electron chi connectivity index (χ0n) is 7.64. The van der Waals surface area contributed by atoms with E-state index in [2.05, 4.69) is 11.4 Å². The number of nitrogens with zero attached hydrogens (tertiary/aromatic N) is 1. The largest absolute Gasteiger partial charge is 0.377 e. The van der Waals surface area contributed by atoms with Crippen molar-refractivity contribution in [3.8, 4) is 6.07 Å². The Morgan fingerprint density at radius 2 is 2.18 bits per heavy atom. The number of nitriles is 1. The van der Waals surface area contributed by atoms with Crippen molar-refractivity contribution in [1.82, 2.24) is 5.32 Å². The van der Waals surface area contributed by atoms with Gasteiger partial charge in [-0.15, -0.1) is 0 Å². The van der Waals surface area contributed by atoms with Crippen LogP contribution in [0.15, 0.2) is 0 Å². The molecule has 1 N–H and O–H groups in total. The highest BCUT2D eigenvalue weighted by atomic mass is 16.5. The summed E-state index contributed by atoms with van der Waals surface area (Å²) in [4.78, 5) is 0. The fourth-order valence-corrected chi connectivity index (χ4v) is 0.517. The average Bonchev–Trinajstić information content (AvgIpc) is 2.00. The van der Waals surface area contributed by atoms with E-state index < -0.39 is 0 Å². The fourth-order valence-electron chi connectivity index (χ4n) is 0.517. The molecule has 0 saturated heterocycles. The lowest BCUT2D eigenvalue weighted by Crippen LogP contribution is -2.40. The minimum absolute atomic E-state index is 0.107. The summed E-state index contributed by atoms with van der Waals surface area (Å²) in [6, 6.07) is 1.99. The van der Waals surface area contributed by atoms with Crippen molar-refractivity contribution in [2.24, 2.45) is 0 Å². The summed E-state index contributed by atoms with van der Waals surface area (Å²) in [6.07, 6.45) is 0. The first kappa shape index (κ1) is 10.4. The van der Waals surface area contributed by atoms with Crippen LogP contribution in [0.4, 0.5) is 0 Å². The molecule has 0 amide bonds. The number of hydrogen-bond acceptors (Lipinski definition) is 3. The molecule has 1 unspecified atom stereocenters. The molecular formula is C8H16N2O. The van der Waals surface area contributed by atoms with Crippen LogP contribution in [0.25, 0.3) is 0 Å². The molecular weight excluding hydrogens is 140 g/mol. The quantitative estimate of drug-likeness (QED) is 0.658. The van der Waals surface area contributed by atoms with Gasteiger partial charge in [0.1, 0.15) is 0 Å². The van der Waals surface area contributed by atoms with E-state index in [0.717, 1.165) is 0 Å². The summed E-state index contributed by atoms with van der Waals surface area (Å²) in [6.45, 7) is 6.47. The molecule has 0 heterocycles. The Kier molecular flexibility index (Phi) is 4.09. The normalized spacial score (nSPS) is 14.1. The van der Waals surface area contributed by atoms with Gasteiger partial charge in [-0.25, -0.2) is 0 Å². The van der Waals surface area contributed by atoms with E-state index in [0.29, 0.717) is 6.54 Å². The summed E-state index contributed by atoms with van der Waals surface area (Å²) in [5.74, 6) is 0. The third kappa shape index (κ3) is 4.77. The lowest BCUT2D eigenvalue weighted by atomic mass is 10.1. The van der Waals surface area contributed by atoms with E-state index in [-0.39, 0.29) is 11.6 Å². The Hall–Kier alpha value is -0.590. The Morgan fingerprint density at radius 1 is 1.64 bits per heavy atom. The van der Waals surface area contributed by atoms with Crippen molar-refractivity contribution >= 4 is 0 Å². The minimum Gasteiger partial charge on any atom is -0.377 e. The molecule has 0 aliphatic carbocycles.